The second kappa shape index (κ2) is 11.7. The number of aryl methyl sites for hydroxylation is 1. The van der Waals surface area contributed by atoms with Gasteiger partial charge in [0.1, 0.15) is 0 Å². The van der Waals surface area contributed by atoms with Gasteiger partial charge in [0, 0.05) is 59.0 Å². The van der Waals surface area contributed by atoms with Crippen molar-refractivity contribution < 1.29 is 0 Å². The minimum Gasteiger partial charge on any atom is -0.376 e. The highest BCUT2D eigenvalue weighted by molar-refractivity contribution is 8.05. The lowest BCUT2D eigenvalue weighted by Crippen LogP contribution is -2.63. The van der Waals surface area contributed by atoms with E-state index in [4.69, 9.17) is 0 Å². The Morgan fingerprint density at radius 1 is 0.561 bits per heavy atom. The summed E-state index contributed by atoms with van der Waals surface area (Å²) in [6, 6.07) is 40.7. The van der Waals surface area contributed by atoms with Gasteiger partial charge in [-0.3, -0.25) is 0 Å². The Hall–Kier alpha value is -4.32. The number of hydrogen-bond acceptors (Lipinski definition) is 4. The number of rotatable bonds is 1. The number of anilines is 5. The molecule has 0 N–H and O–H groups in total. The van der Waals surface area contributed by atoms with Gasteiger partial charge in [-0.25, -0.2) is 0 Å². The quantitative estimate of drug-likeness (QED) is 0.153. The molecular formula is C52H51BN2S2. The summed E-state index contributed by atoms with van der Waals surface area (Å²) < 4.78 is 0. The second-order valence-electron chi connectivity index (χ2n) is 20.1. The lowest BCUT2D eigenvalue weighted by molar-refractivity contribution is 0.332. The second-order valence-corrected chi connectivity index (χ2v) is 22.3. The highest BCUT2D eigenvalue weighted by Gasteiger charge is 2.51. The summed E-state index contributed by atoms with van der Waals surface area (Å²) in [4.78, 5) is 10.8. The highest BCUT2D eigenvalue weighted by atomic mass is 32.2. The Kier molecular flexibility index (Phi) is 7.33. The van der Waals surface area contributed by atoms with Crippen molar-refractivity contribution in [2.75, 3.05) is 9.71 Å². The van der Waals surface area contributed by atoms with Gasteiger partial charge in [0.2, 0.25) is 0 Å². The SMILES string of the molecule is Cc1cc2c(cc1N1c3cc4c(cc3B3c5c(cc(C(C)(C)C)cc51)-c1cccc5c1N3c1ccccc1C5(C)C)Sc1ccccc1S4)C(C)(C)CCC2(C)C. The first-order valence-electron chi connectivity index (χ1n) is 20.8. The van der Waals surface area contributed by atoms with Gasteiger partial charge in [-0.15, -0.1) is 0 Å². The zero-order chi connectivity index (χ0) is 39.6. The van der Waals surface area contributed by atoms with E-state index < -0.39 is 0 Å². The third-order valence-electron chi connectivity index (χ3n) is 14.2. The molecule has 2 nitrogen and oxygen atoms in total. The molecule has 6 aromatic carbocycles. The number of fused-ring (bicyclic) bond motifs is 9. The third kappa shape index (κ3) is 4.94. The van der Waals surface area contributed by atoms with Gasteiger partial charge in [-0.2, -0.15) is 0 Å². The fourth-order valence-corrected chi connectivity index (χ4v) is 13.1. The molecule has 0 fully saturated rings. The fourth-order valence-electron chi connectivity index (χ4n) is 10.8. The van der Waals surface area contributed by atoms with Crippen molar-refractivity contribution in [3.8, 4) is 11.1 Å². The van der Waals surface area contributed by atoms with E-state index in [-0.39, 0.29) is 28.5 Å². The summed E-state index contributed by atoms with van der Waals surface area (Å²) >= 11 is 3.86. The first kappa shape index (κ1) is 35.8. The Morgan fingerprint density at radius 2 is 1.19 bits per heavy atom. The summed E-state index contributed by atoms with van der Waals surface area (Å²) in [5, 5.41) is 0. The summed E-state index contributed by atoms with van der Waals surface area (Å²) in [7, 11) is 0. The van der Waals surface area contributed by atoms with Crippen LogP contribution in [-0.4, -0.2) is 6.85 Å². The molecule has 4 heterocycles. The Morgan fingerprint density at radius 3 is 1.89 bits per heavy atom. The summed E-state index contributed by atoms with van der Waals surface area (Å²) in [6.07, 6.45) is 2.40. The van der Waals surface area contributed by atoms with Crippen molar-refractivity contribution in [2.24, 2.45) is 0 Å². The van der Waals surface area contributed by atoms with Crippen LogP contribution in [0.4, 0.5) is 28.4 Å². The van der Waals surface area contributed by atoms with Gasteiger partial charge in [-0.05, 0) is 128 Å². The molecule has 0 amide bonds. The average molecular weight is 779 g/mol. The van der Waals surface area contributed by atoms with Gasteiger partial charge in [-0.1, -0.05) is 147 Å². The Labute approximate surface area is 348 Å². The lowest BCUT2D eigenvalue weighted by Gasteiger charge is -2.52. The molecule has 5 heteroatoms. The van der Waals surface area contributed by atoms with Gasteiger partial charge < -0.3 is 9.71 Å². The van der Waals surface area contributed by atoms with Crippen LogP contribution in [0, 0.1) is 6.92 Å². The first-order valence-corrected chi connectivity index (χ1v) is 22.5. The van der Waals surface area contributed by atoms with Gasteiger partial charge in [0.15, 0.2) is 0 Å². The minimum absolute atomic E-state index is 0.00236. The standard InChI is InChI=1S/C52H51BN2S2/c1-30-24-36-37(51(7,8)23-22-50(36,5)6)27-40(30)54-41-29-46-45(56-43-20-13-14-21-44(43)57-46)28-38(41)53-47-33(25-31(26-42(47)54)49(2,3)4)32-16-15-18-35-48(32)55(53)39-19-12-11-17-34(39)52(35,9)10/h11-21,24-29H,22-23H2,1-10H3. The van der Waals surface area contributed by atoms with Crippen LogP contribution < -0.4 is 20.6 Å². The molecular weight excluding hydrogens is 728 g/mol. The smallest absolute Gasteiger partial charge is 0.333 e. The van der Waals surface area contributed by atoms with Crippen molar-refractivity contribution in [3.63, 3.8) is 0 Å². The van der Waals surface area contributed by atoms with Crippen LogP contribution in [0.15, 0.2) is 123 Å². The van der Waals surface area contributed by atoms with E-state index in [1.54, 1.807) is 0 Å². The molecule has 11 rings (SSSR count). The van der Waals surface area contributed by atoms with E-state index in [2.05, 4.69) is 182 Å². The third-order valence-corrected chi connectivity index (χ3v) is 16.7. The fraction of sp³-hybridized carbons (Fsp3) is 0.308. The topological polar surface area (TPSA) is 6.48 Å². The van der Waals surface area contributed by atoms with Crippen LogP contribution in [0.3, 0.4) is 0 Å². The van der Waals surface area contributed by atoms with Crippen LogP contribution in [0.25, 0.3) is 11.1 Å². The van der Waals surface area contributed by atoms with Crippen molar-refractivity contribution in [3.05, 3.63) is 137 Å². The van der Waals surface area contributed by atoms with Gasteiger partial charge in [0.05, 0.1) is 0 Å². The monoisotopic (exact) mass is 778 g/mol. The summed E-state index contributed by atoms with van der Waals surface area (Å²) in [5.41, 5.74) is 20.7. The molecule has 0 saturated heterocycles. The van der Waals surface area contributed by atoms with Crippen molar-refractivity contribution in [1.29, 1.82) is 0 Å². The normalized spacial score (nSPS) is 18.4. The number of para-hydroxylation sites is 2. The molecule has 0 aromatic heterocycles. The highest BCUT2D eigenvalue weighted by Crippen LogP contribution is 2.58. The molecule has 284 valence electrons. The maximum absolute atomic E-state index is 2.75. The van der Waals surface area contributed by atoms with Crippen molar-refractivity contribution in [2.45, 2.75) is 123 Å². The Balaban J connectivity index is 1.28. The molecule has 0 radical (unpaired) electrons. The maximum Gasteiger partial charge on any atom is 0.333 e. The number of nitrogens with zero attached hydrogens (tertiary/aromatic N) is 2. The predicted octanol–water partition coefficient (Wildman–Crippen LogP) is 13.6. The zero-order valence-electron chi connectivity index (χ0n) is 35.0. The van der Waals surface area contributed by atoms with Crippen molar-refractivity contribution >= 4 is 69.7 Å². The molecule has 0 saturated carbocycles. The van der Waals surface area contributed by atoms with Crippen LogP contribution in [-0.2, 0) is 21.7 Å². The lowest BCUT2D eigenvalue weighted by atomic mass is 9.42. The molecule has 6 aromatic rings. The van der Waals surface area contributed by atoms with E-state index in [0.717, 1.165) is 0 Å². The summed E-state index contributed by atoms with van der Waals surface area (Å²) in [6.45, 7) is 24.2. The Bertz CT molecular complexity index is 2750. The van der Waals surface area contributed by atoms with Crippen molar-refractivity contribution in [1.82, 2.24) is 0 Å². The summed E-state index contributed by atoms with van der Waals surface area (Å²) in [5.74, 6) is 0. The number of benzene rings is 6. The molecule has 0 unspecified atom stereocenters. The van der Waals surface area contributed by atoms with Crippen LogP contribution in [0.5, 0.6) is 0 Å². The molecule has 0 spiro atoms. The molecule has 1 aliphatic carbocycles. The number of hydrogen-bond donors (Lipinski definition) is 0. The van der Waals surface area contributed by atoms with Gasteiger partial charge >= 0.3 is 6.85 Å². The molecule has 5 aliphatic rings. The van der Waals surface area contributed by atoms with E-state index in [1.807, 2.05) is 23.5 Å². The first-order chi connectivity index (χ1) is 27.0. The van der Waals surface area contributed by atoms with Crippen LogP contribution in [0.1, 0.15) is 109 Å². The molecule has 4 aliphatic heterocycles. The van der Waals surface area contributed by atoms with Gasteiger partial charge in [0.25, 0.3) is 0 Å². The van der Waals surface area contributed by atoms with E-state index in [9.17, 15) is 0 Å². The average Bonchev–Trinajstić information content (AvgIpc) is 3.17. The zero-order valence-corrected chi connectivity index (χ0v) is 36.7. The van der Waals surface area contributed by atoms with Crippen LogP contribution in [0.2, 0.25) is 0 Å². The van der Waals surface area contributed by atoms with Crippen LogP contribution >= 0.6 is 23.5 Å². The largest absolute Gasteiger partial charge is 0.376 e. The predicted molar refractivity (Wildman–Crippen MR) is 246 cm³/mol. The van der Waals surface area contributed by atoms with E-state index in [0.29, 0.717) is 0 Å². The van der Waals surface area contributed by atoms with E-state index in [1.165, 1.54) is 116 Å². The van der Waals surface area contributed by atoms with E-state index >= 15 is 0 Å². The maximum atomic E-state index is 2.75. The minimum atomic E-state index is -0.142. The molecule has 0 atom stereocenters. The molecule has 0 bridgehead atoms. The molecule has 57 heavy (non-hydrogen) atoms.